The summed E-state index contributed by atoms with van der Waals surface area (Å²) in [6.07, 6.45) is 17.2. The molecule has 0 aliphatic rings. The van der Waals surface area contributed by atoms with E-state index < -0.39 is 39.1 Å². The zero-order valence-corrected chi connectivity index (χ0v) is 37.4. The molecule has 0 bridgehead atoms. The summed E-state index contributed by atoms with van der Waals surface area (Å²) in [4.78, 5) is 11.8. The van der Waals surface area contributed by atoms with Crippen LogP contribution in [-0.4, -0.2) is 41.7 Å². The zero-order valence-electron chi connectivity index (χ0n) is 31.4. The molecule has 0 aliphatic carbocycles. The third-order valence-corrected chi connectivity index (χ3v) is 24.9. The predicted molar refractivity (Wildman–Crippen MR) is 221 cm³/mol. The van der Waals surface area contributed by atoms with Crippen LogP contribution in [0, 0.1) is 17.5 Å². The minimum atomic E-state index is -3.93. The van der Waals surface area contributed by atoms with Crippen molar-refractivity contribution in [2.45, 2.75) is 77.5 Å². The molecule has 3 aromatic carbocycles. The summed E-state index contributed by atoms with van der Waals surface area (Å²) in [5.74, 6) is -1.17. The fraction of sp³-hybridized carbons (Fsp3) is 0.308. The van der Waals surface area contributed by atoms with E-state index in [0.717, 1.165) is 6.07 Å². The number of oxazole rings is 3. The fourth-order valence-electron chi connectivity index (χ4n) is 5.48. The number of benzene rings is 3. The van der Waals surface area contributed by atoms with Gasteiger partial charge in [0.05, 0.1) is 32.9 Å². The molecule has 56 heavy (non-hydrogen) atoms. The summed E-state index contributed by atoms with van der Waals surface area (Å²) >= 11 is 0.689. The second-order valence-electron chi connectivity index (χ2n) is 12.6. The Bertz CT molecular complexity index is 2120. The third kappa shape index (κ3) is 14.6. The molecule has 0 spiro atoms. The van der Waals surface area contributed by atoms with Crippen LogP contribution in [-0.2, 0) is 9.05 Å². The SMILES string of the molecule is CCC[CH2][Sn]([CH2]CCC)([CH2]CCC)[c]1ncco1.Nc1ccc(-c2ncco2)c(F)c1.Nc1ccc(Br)c(F)c1.O=S(=O)(Cl)c1ccc(-c2ncco2)c(F)c1. The van der Waals surface area contributed by atoms with Crippen LogP contribution >= 0.6 is 26.6 Å². The van der Waals surface area contributed by atoms with Crippen LogP contribution in [0.25, 0.3) is 22.9 Å². The summed E-state index contributed by atoms with van der Waals surface area (Å²) in [5.41, 5.74) is 11.9. The molecule has 0 saturated heterocycles. The molecule has 17 heteroatoms. The fourth-order valence-corrected chi connectivity index (χ4v) is 21.2. The molecular formula is C39H46BrClF3N5O5SSn. The summed E-state index contributed by atoms with van der Waals surface area (Å²) < 4.78 is 82.6. The maximum absolute atomic E-state index is 13.5. The van der Waals surface area contributed by atoms with Crippen molar-refractivity contribution in [1.29, 1.82) is 0 Å². The predicted octanol–water partition coefficient (Wildman–Crippen LogP) is 11.4. The standard InChI is InChI=1S/C9H5ClFNO3S.C9H7FN2O.C6H5BrFN.3C4H9.C3H2NO.Sn/c10-16(13,14)6-1-2-7(8(11)5-6)9-12-3-4-15-9;10-8-5-6(11)1-2-7(8)9-12-3-4-13-9;7-5-2-1-4(9)3-6(5)8;3*1-3-4-2;1-2-5-3-4-1;/h1-5H;1-5H,11H2;1-3H,9H2;3*1,3-4H2,2H3;1-2H;. The van der Waals surface area contributed by atoms with E-state index in [4.69, 9.17) is 35.4 Å². The first kappa shape index (κ1) is 46.6. The molecule has 0 saturated carbocycles. The first-order valence-electron chi connectivity index (χ1n) is 17.9. The zero-order chi connectivity index (χ0) is 41.1. The number of nitrogens with zero attached hydrogens (tertiary/aromatic N) is 3. The summed E-state index contributed by atoms with van der Waals surface area (Å²) in [7, 11) is 1.14. The van der Waals surface area contributed by atoms with Crippen LogP contribution in [0.5, 0.6) is 0 Å². The van der Waals surface area contributed by atoms with Gasteiger partial charge in [-0.1, -0.05) is 0 Å². The largest absolute Gasteiger partial charge is 0.444 e. The van der Waals surface area contributed by atoms with E-state index >= 15 is 0 Å². The van der Waals surface area contributed by atoms with Crippen LogP contribution in [0.15, 0.2) is 115 Å². The quantitative estimate of drug-likeness (QED) is 0.0646. The average Bonchev–Trinajstić information content (AvgIpc) is 3.99. The molecule has 3 aromatic heterocycles. The van der Waals surface area contributed by atoms with E-state index in [9.17, 15) is 21.6 Å². The van der Waals surface area contributed by atoms with Crippen molar-refractivity contribution in [3.63, 3.8) is 0 Å². The van der Waals surface area contributed by atoms with Crippen LogP contribution in [0.4, 0.5) is 24.5 Å². The molecule has 302 valence electrons. The van der Waals surface area contributed by atoms with Crippen molar-refractivity contribution in [3.8, 4) is 22.9 Å². The van der Waals surface area contributed by atoms with Crippen molar-refractivity contribution in [3.05, 3.63) is 114 Å². The van der Waals surface area contributed by atoms with Crippen LogP contribution < -0.4 is 15.4 Å². The molecular weight excluding hydrogens is 942 g/mol. The number of aromatic nitrogens is 3. The molecule has 0 atom stereocenters. The molecule has 0 radical (unpaired) electrons. The van der Waals surface area contributed by atoms with Crippen LogP contribution in [0.3, 0.4) is 0 Å². The molecule has 6 aromatic rings. The molecule has 4 N–H and O–H groups in total. The first-order chi connectivity index (χ1) is 26.7. The molecule has 0 fully saturated rings. The van der Waals surface area contributed by atoms with Crippen LogP contribution in [0.2, 0.25) is 13.3 Å². The maximum atomic E-state index is 13.5. The maximum Gasteiger partial charge on any atom is 0.261 e. The van der Waals surface area contributed by atoms with Gasteiger partial charge in [-0.25, -0.2) is 31.6 Å². The van der Waals surface area contributed by atoms with Crippen LogP contribution in [0.1, 0.15) is 59.3 Å². The minimum Gasteiger partial charge on any atom is -0.444 e. The number of anilines is 2. The second kappa shape index (κ2) is 23.4. The molecule has 0 amide bonds. The molecule has 10 nitrogen and oxygen atoms in total. The van der Waals surface area contributed by atoms with E-state index in [-0.39, 0.29) is 28.1 Å². The Kier molecular flexibility index (Phi) is 19.5. The first-order valence-corrected chi connectivity index (χ1v) is 28.5. The Balaban J connectivity index is 0.000000205. The van der Waals surface area contributed by atoms with E-state index in [1.54, 1.807) is 24.5 Å². The van der Waals surface area contributed by atoms with Gasteiger partial charge in [-0.05, 0) is 70.5 Å². The van der Waals surface area contributed by atoms with Gasteiger partial charge >= 0.3 is 117 Å². The Morgan fingerprint density at radius 3 is 1.48 bits per heavy atom. The van der Waals surface area contributed by atoms with Crippen molar-refractivity contribution < 1.29 is 34.8 Å². The van der Waals surface area contributed by atoms with Gasteiger partial charge in [0.2, 0.25) is 11.8 Å². The van der Waals surface area contributed by atoms with Gasteiger partial charge in [-0.15, -0.1) is 0 Å². The normalized spacial score (nSPS) is 11.1. The molecule has 6 rings (SSSR count). The van der Waals surface area contributed by atoms with Crippen molar-refractivity contribution >= 4 is 69.3 Å². The average molecular weight is 988 g/mol. The second-order valence-corrected chi connectivity index (χ2v) is 28.8. The number of rotatable bonds is 13. The minimum absolute atomic E-state index is 0.0778. The number of unbranched alkanes of at least 4 members (excludes halogenated alkanes) is 3. The summed E-state index contributed by atoms with van der Waals surface area (Å²) in [6.45, 7) is 6.89. The number of nitrogen functional groups attached to an aromatic ring is 2. The Hall–Kier alpha value is -3.80. The topological polar surface area (TPSA) is 164 Å². The van der Waals surface area contributed by atoms with Gasteiger partial charge in [-0.2, -0.15) is 0 Å². The van der Waals surface area contributed by atoms with Gasteiger partial charge in [0, 0.05) is 22.1 Å². The van der Waals surface area contributed by atoms with Crippen molar-refractivity contribution in [1.82, 2.24) is 15.0 Å². The van der Waals surface area contributed by atoms with E-state index in [0.29, 0.717) is 21.4 Å². The monoisotopic (exact) mass is 987 g/mol. The number of halogens is 5. The van der Waals surface area contributed by atoms with Gasteiger partial charge < -0.3 is 20.3 Å². The van der Waals surface area contributed by atoms with E-state index in [2.05, 4.69) is 51.7 Å². The van der Waals surface area contributed by atoms with E-state index in [1.807, 2.05) is 6.20 Å². The van der Waals surface area contributed by atoms with Gasteiger partial charge in [0.1, 0.15) is 30.0 Å². The van der Waals surface area contributed by atoms with E-state index in [1.165, 1.54) is 111 Å². The Morgan fingerprint density at radius 1 is 0.661 bits per heavy atom. The van der Waals surface area contributed by atoms with Crippen molar-refractivity contribution in [2.75, 3.05) is 11.5 Å². The van der Waals surface area contributed by atoms with Gasteiger partial charge in [0.15, 0.2) is 0 Å². The third-order valence-electron chi connectivity index (χ3n) is 8.40. The number of hydrogen-bond donors (Lipinski definition) is 2. The number of hydrogen-bond acceptors (Lipinski definition) is 10. The molecule has 0 aliphatic heterocycles. The Labute approximate surface area is 342 Å². The molecule has 0 unspecified atom stereocenters. The van der Waals surface area contributed by atoms with Gasteiger partial charge in [0.25, 0.3) is 9.05 Å². The summed E-state index contributed by atoms with van der Waals surface area (Å²) in [6, 6.07) is 12.1. The van der Waals surface area contributed by atoms with Crippen molar-refractivity contribution in [2.24, 2.45) is 0 Å². The molecule has 3 heterocycles. The number of nitrogens with two attached hydrogens (primary N) is 2. The smallest absolute Gasteiger partial charge is 0.261 e. The summed E-state index contributed by atoms with van der Waals surface area (Å²) in [5, 5.41) is 0. The Morgan fingerprint density at radius 2 is 1.11 bits per heavy atom. The van der Waals surface area contributed by atoms with Gasteiger partial charge in [-0.3, -0.25) is 0 Å².